The zero-order valence-electron chi connectivity index (χ0n) is 21.4. The number of carbonyl (C=O) groups excluding carboxylic acids is 2. The van der Waals surface area contributed by atoms with E-state index in [1.807, 2.05) is 0 Å². The molecule has 6 nitrogen and oxygen atoms in total. The van der Waals surface area contributed by atoms with Crippen LogP contribution < -0.4 is 0 Å². The second kappa shape index (κ2) is 10.9. The highest BCUT2D eigenvalue weighted by molar-refractivity contribution is 5.92. The topological polar surface area (TPSA) is 69.3 Å². The fraction of sp³-hybridized carbons (Fsp3) is 0.370. The lowest BCUT2D eigenvalue weighted by atomic mass is 9.78. The minimum Gasteiger partial charge on any atom is -0.341 e. The van der Waals surface area contributed by atoms with Crippen molar-refractivity contribution in [2.75, 3.05) is 20.1 Å². The molecule has 40 heavy (non-hydrogen) atoms. The number of nitrogens with zero attached hydrogens (tertiary/aromatic N) is 3. The first kappa shape index (κ1) is 29.1. The highest BCUT2D eigenvalue weighted by atomic mass is 19.4. The van der Waals surface area contributed by atoms with E-state index < -0.39 is 53.6 Å². The van der Waals surface area contributed by atoms with Crippen molar-refractivity contribution in [3.8, 4) is 0 Å². The van der Waals surface area contributed by atoms with Crippen molar-refractivity contribution in [1.29, 1.82) is 0 Å². The van der Waals surface area contributed by atoms with Crippen molar-refractivity contribution in [3.63, 3.8) is 0 Å². The van der Waals surface area contributed by atoms with Gasteiger partial charge in [-0.2, -0.15) is 26.3 Å². The molecule has 3 aromatic rings. The minimum absolute atomic E-state index is 0.0328. The van der Waals surface area contributed by atoms with Gasteiger partial charge in [0.15, 0.2) is 0 Å². The summed E-state index contributed by atoms with van der Waals surface area (Å²) in [7, 11) is 1.30. The maximum atomic E-state index is 13.9. The molecule has 1 aliphatic rings. The third-order valence-electron chi connectivity index (χ3n) is 7.02. The van der Waals surface area contributed by atoms with Crippen molar-refractivity contribution in [2.24, 2.45) is 5.92 Å². The zero-order chi connectivity index (χ0) is 29.4. The van der Waals surface area contributed by atoms with E-state index in [1.165, 1.54) is 42.7 Å². The van der Waals surface area contributed by atoms with Crippen LogP contribution in [0, 0.1) is 18.7 Å². The highest BCUT2D eigenvalue weighted by Crippen LogP contribution is 2.38. The van der Waals surface area contributed by atoms with Crippen molar-refractivity contribution in [3.05, 3.63) is 88.3 Å². The Balaban J connectivity index is 1.63. The van der Waals surface area contributed by atoms with Crippen LogP contribution in [-0.4, -0.2) is 51.7 Å². The first-order valence-electron chi connectivity index (χ1n) is 12.2. The molecule has 0 radical (unpaired) electrons. The molecule has 1 N–H and O–H groups in total. The van der Waals surface area contributed by atoms with Gasteiger partial charge >= 0.3 is 12.4 Å². The summed E-state index contributed by atoms with van der Waals surface area (Å²) in [5.74, 6) is -2.75. The maximum Gasteiger partial charge on any atom is 0.416 e. The molecule has 1 fully saturated rings. The van der Waals surface area contributed by atoms with E-state index in [0.29, 0.717) is 23.3 Å². The van der Waals surface area contributed by atoms with Crippen LogP contribution in [0.2, 0.25) is 0 Å². The first-order valence-corrected chi connectivity index (χ1v) is 12.2. The predicted octanol–water partition coefficient (Wildman–Crippen LogP) is 5.80. The Morgan fingerprint density at radius 2 is 1.70 bits per heavy atom. The van der Waals surface area contributed by atoms with E-state index in [0.717, 1.165) is 4.90 Å². The number of aromatic amines is 1. The average Bonchev–Trinajstić information content (AvgIpc) is 3.41. The number of nitrogens with one attached hydrogen (secondary N) is 1. The minimum atomic E-state index is -5.02. The summed E-state index contributed by atoms with van der Waals surface area (Å²) in [5.41, 5.74) is -1.89. The van der Waals surface area contributed by atoms with E-state index in [9.17, 15) is 40.3 Å². The predicted molar refractivity (Wildman–Crippen MR) is 129 cm³/mol. The number of amides is 2. The van der Waals surface area contributed by atoms with Crippen molar-refractivity contribution in [1.82, 2.24) is 19.8 Å². The van der Waals surface area contributed by atoms with Crippen molar-refractivity contribution >= 4 is 11.8 Å². The Morgan fingerprint density at radius 3 is 2.25 bits per heavy atom. The third-order valence-corrected chi connectivity index (χ3v) is 7.02. The van der Waals surface area contributed by atoms with E-state index in [2.05, 4.69) is 9.97 Å². The van der Waals surface area contributed by atoms with Gasteiger partial charge in [0.1, 0.15) is 11.5 Å². The van der Waals surface area contributed by atoms with Crippen LogP contribution in [0.5, 0.6) is 0 Å². The molecular weight excluding hydrogens is 545 g/mol. The number of piperidine rings is 1. The van der Waals surface area contributed by atoms with Crippen LogP contribution in [0.25, 0.3) is 0 Å². The number of H-pyrrole nitrogens is 1. The number of rotatable bonds is 5. The van der Waals surface area contributed by atoms with Gasteiger partial charge in [0.05, 0.1) is 23.7 Å². The summed E-state index contributed by atoms with van der Waals surface area (Å²) in [6.45, 7) is 1.39. The van der Waals surface area contributed by atoms with Crippen molar-refractivity contribution in [2.45, 2.75) is 38.2 Å². The van der Waals surface area contributed by atoms with Crippen LogP contribution in [0.4, 0.5) is 30.7 Å². The summed E-state index contributed by atoms with van der Waals surface area (Å²) < 4.78 is 93.8. The number of imidazole rings is 1. The fourth-order valence-electron chi connectivity index (χ4n) is 5.09. The number of benzene rings is 2. The molecule has 1 saturated heterocycles. The van der Waals surface area contributed by atoms with Gasteiger partial charge in [-0.25, -0.2) is 9.37 Å². The fourth-order valence-corrected chi connectivity index (χ4v) is 5.09. The monoisotopic (exact) mass is 570 g/mol. The number of aryl methyl sites for hydroxylation is 1. The standard InChI is InChI=1S/C27H25F7N4O2/c1-15-7-19(28)3-4-20(15)22-13-38(25(40)23-11-35-14-36-23)6-5-21(22)24(39)37(2)12-16-8-17(26(29,30)31)10-18(9-16)27(32,33)34/h3-4,7-11,14,21-22H,5-6,12-13H2,1-2H3,(H,35,36). The third kappa shape index (κ3) is 6.28. The molecule has 0 saturated carbocycles. The van der Waals surface area contributed by atoms with Gasteiger partial charge in [0.25, 0.3) is 5.91 Å². The van der Waals surface area contributed by atoms with E-state index in [-0.39, 0.29) is 42.7 Å². The van der Waals surface area contributed by atoms with Crippen LogP contribution in [0.1, 0.15) is 50.6 Å². The molecule has 214 valence electrons. The summed E-state index contributed by atoms with van der Waals surface area (Å²) in [6.07, 6.45) is -7.16. The molecule has 2 atom stereocenters. The largest absolute Gasteiger partial charge is 0.416 e. The SMILES string of the molecule is Cc1cc(F)ccc1C1CN(C(=O)c2cnc[nH]2)CCC1C(=O)N(C)Cc1cc(C(F)(F)F)cc(C(F)(F)F)c1. The number of hydrogen-bond donors (Lipinski definition) is 1. The number of carbonyl (C=O) groups is 2. The Hall–Kier alpha value is -3.90. The molecule has 0 bridgehead atoms. The van der Waals surface area contributed by atoms with Gasteiger partial charge in [-0.3, -0.25) is 9.59 Å². The normalized spacial score (nSPS) is 18.1. The van der Waals surface area contributed by atoms with E-state index >= 15 is 0 Å². The highest BCUT2D eigenvalue weighted by Gasteiger charge is 2.40. The summed E-state index contributed by atoms with van der Waals surface area (Å²) >= 11 is 0. The molecule has 2 amide bonds. The Kier molecular flexibility index (Phi) is 7.95. The Bertz CT molecular complexity index is 1350. The lowest BCUT2D eigenvalue weighted by Gasteiger charge is -2.40. The first-order chi connectivity index (χ1) is 18.6. The van der Waals surface area contributed by atoms with E-state index in [1.54, 1.807) is 6.92 Å². The molecule has 0 spiro atoms. The van der Waals surface area contributed by atoms with Gasteiger partial charge in [-0.1, -0.05) is 6.07 Å². The van der Waals surface area contributed by atoms with Crippen molar-refractivity contribution < 1.29 is 40.3 Å². The smallest absolute Gasteiger partial charge is 0.341 e. The van der Waals surface area contributed by atoms with Gasteiger partial charge < -0.3 is 14.8 Å². The molecule has 4 rings (SSSR count). The van der Waals surface area contributed by atoms with Gasteiger partial charge in [0, 0.05) is 38.5 Å². The molecule has 2 aromatic carbocycles. The zero-order valence-corrected chi connectivity index (χ0v) is 21.4. The van der Waals surface area contributed by atoms with Crippen LogP contribution in [-0.2, 0) is 23.7 Å². The lowest BCUT2D eigenvalue weighted by Crippen LogP contribution is -2.48. The van der Waals surface area contributed by atoms with Gasteiger partial charge in [-0.05, 0) is 60.4 Å². The number of alkyl halides is 6. The molecule has 1 aliphatic heterocycles. The van der Waals surface area contributed by atoms with Gasteiger partial charge in [-0.15, -0.1) is 0 Å². The average molecular weight is 571 g/mol. The number of halogens is 7. The second-order valence-electron chi connectivity index (χ2n) is 9.83. The Labute approximate surface area is 224 Å². The molecule has 1 aromatic heterocycles. The summed E-state index contributed by atoms with van der Waals surface area (Å²) in [6, 6.07) is 5.24. The number of hydrogen-bond acceptors (Lipinski definition) is 3. The summed E-state index contributed by atoms with van der Waals surface area (Å²) in [4.78, 5) is 35.8. The van der Waals surface area contributed by atoms with Crippen LogP contribution in [0.3, 0.4) is 0 Å². The number of likely N-dealkylation sites (tertiary alicyclic amines) is 1. The molecular formula is C27H25F7N4O2. The van der Waals surface area contributed by atoms with E-state index in [4.69, 9.17) is 0 Å². The molecule has 13 heteroatoms. The number of aromatic nitrogens is 2. The van der Waals surface area contributed by atoms with Crippen LogP contribution >= 0.6 is 0 Å². The van der Waals surface area contributed by atoms with Gasteiger partial charge in [0.2, 0.25) is 5.91 Å². The molecule has 2 heterocycles. The quantitative estimate of drug-likeness (QED) is 0.395. The molecule has 2 unspecified atom stereocenters. The Morgan fingerprint density at radius 1 is 1.05 bits per heavy atom. The maximum absolute atomic E-state index is 13.9. The van der Waals surface area contributed by atoms with Crippen LogP contribution in [0.15, 0.2) is 48.9 Å². The molecule has 0 aliphatic carbocycles. The summed E-state index contributed by atoms with van der Waals surface area (Å²) in [5, 5.41) is 0. The second-order valence-corrected chi connectivity index (χ2v) is 9.83. The lowest BCUT2D eigenvalue weighted by molar-refractivity contribution is -0.143.